The first kappa shape index (κ1) is 16.0. The van der Waals surface area contributed by atoms with Crippen LogP contribution in [0.1, 0.15) is 5.56 Å². The number of hydrogen-bond donors (Lipinski definition) is 2. The first-order chi connectivity index (χ1) is 10.5. The van der Waals surface area contributed by atoms with E-state index in [-0.39, 0.29) is 28.8 Å². The minimum Gasteiger partial charge on any atom is -0.504 e. The number of carbonyl (C=O) groups excluding carboxylic acids is 1. The quantitative estimate of drug-likeness (QED) is 0.830. The molecule has 116 valence electrons. The normalized spacial score (nSPS) is 10.1. The van der Waals surface area contributed by atoms with Crippen molar-refractivity contribution >= 4 is 23.2 Å². The van der Waals surface area contributed by atoms with E-state index in [1.807, 2.05) is 0 Å². The number of anilines is 1. The molecule has 2 aromatic rings. The topological polar surface area (TPSA) is 67.8 Å². The fraction of sp³-hybridized carbons (Fsp3) is 0.188. The molecular formula is C16H16ClNO4. The average Bonchev–Trinajstić information content (AvgIpc) is 2.51. The standard InChI is InChI=1S/C16H16ClNO4/c1-21-13-7-6-10(8-14(13)22-2)9-15(19)18-12-5-3-4-11(17)16(12)20/h3-8,20H,9H2,1-2H3,(H,18,19). The van der Waals surface area contributed by atoms with Crippen LogP contribution < -0.4 is 14.8 Å². The molecule has 0 fully saturated rings. The van der Waals surface area contributed by atoms with Crippen LogP contribution >= 0.6 is 11.6 Å². The van der Waals surface area contributed by atoms with Gasteiger partial charge in [0.05, 0.1) is 31.4 Å². The Labute approximate surface area is 133 Å². The molecule has 0 radical (unpaired) electrons. The molecule has 22 heavy (non-hydrogen) atoms. The van der Waals surface area contributed by atoms with Gasteiger partial charge in [-0.3, -0.25) is 4.79 Å². The number of ether oxygens (including phenoxy) is 2. The van der Waals surface area contributed by atoms with Crippen LogP contribution in [-0.4, -0.2) is 25.2 Å². The van der Waals surface area contributed by atoms with Crippen LogP contribution in [0.4, 0.5) is 5.69 Å². The van der Waals surface area contributed by atoms with Gasteiger partial charge in [0.1, 0.15) is 0 Å². The summed E-state index contributed by atoms with van der Waals surface area (Å²) >= 11 is 5.80. The van der Waals surface area contributed by atoms with Crippen molar-refractivity contribution in [3.05, 3.63) is 47.0 Å². The molecule has 2 aromatic carbocycles. The van der Waals surface area contributed by atoms with Crippen molar-refractivity contribution in [1.29, 1.82) is 0 Å². The molecule has 6 heteroatoms. The second-order valence-electron chi connectivity index (χ2n) is 4.55. The summed E-state index contributed by atoms with van der Waals surface area (Å²) in [4.78, 5) is 12.1. The summed E-state index contributed by atoms with van der Waals surface area (Å²) in [6.07, 6.45) is 0.131. The molecule has 0 aromatic heterocycles. The van der Waals surface area contributed by atoms with Gasteiger partial charge in [0.2, 0.25) is 5.91 Å². The monoisotopic (exact) mass is 321 g/mol. The maximum absolute atomic E-state index is 12.1. The Hall–Kier alpha value is -2.40. The average molecular weight is 322 g/mol. The molecule has 0 saturated heterocycles. The van der Waals surface area contributed by atoms with E-state index in [2.05, 4.69) is 5.32 Å². The van der Waals surface area contributed by atoms with Crippen molar-refractivity contribution < 1.29 is 19.4 Å². The zero-order chi connectivity index (χ0) is 16.1. The molecule has 2 rings (SSSR count). The van der Waals surface area contributed by atoms with Gasteiger partial charge in [-0.1, -0.05) is 23.7 Å². The largest absolute Gasteiger partial charge is 0.504 e. The zero-order valence-electron chi connectivity index (χ0n) is 12.2. The van der Waals surface area contributed by atoms with Crippen LogP contribution in [-0.2, 0) is 11.2 Å². The highest BCUT2D eigenvalue weighted by atomic mass is 35.5. The summed E-state index contributed by atoms with van der Waals surface area (Å²) in [5, 5.41) is 12.6. The summed E-state index contributed by atoms with van der Waals surface area (Å²) in [6.45, 7) is 0. The van der Waals surface area contributed by atoms with Crippen molar-refractivity contribution in [3.8, 4) is 17.2 Å². The molecule has 0 unspecified atom stereocenters. The Morgan fingerprint density at radius 3 is 2.59 bits per heavy atom. The van der Waals surface area contributed by atoms with Crippen molar-refractivity contribution in [2.45, 2.75) is 6.42 Å². The Bertz CT molecular complexity index is 688. The number of amides is 1. The molecule has 0 spiro atoms. The number of nitrogens with one attached hydrogen (secondary N) is 1. The molecule has 0 aliphatic carbocycles. The molecule has 0 bridgehead atoms. The van der Waals surface area contributed by atoms with Gasteiger partial charge in [-0.2, -0.15) is 0 Å². The summed E-state index contributed by atoms with van der Waals surface area (Å²) in [5.41, 5.74) is 1.04. The van der Waals surface area contributed by atoms with E-state index in [9.17, 15) is 9.90 Å². The van der Waals surface area contributed by atoms with E-state index in [0.717, 1.165) is 5.56 Å². The van der Waals surface area contributed by atoms with Crippen molar-refractivity contribution in [2.24, 2.45) is 0 Å². The number of rotatable bonds is 5. The van der Waals surface area contributed by atoms with Gasteiger partial charge < -0.3 is 19.9 Å². The lowest BCUT2D eigenvalue weighted by atomic mass is 10.1. The van der Waals surface area contributed by atoms with E-state index in [0.29, 0.717) is 11.5 Å². The van der Waals surface area contributed by atoms with Gasteiger partial charge in [0.25, 0.3) is 0 Å². The van der Waals surface area contributed by atoms with Gasteiger partial charge in [-0.05, 0) is 29.8 Å². The van der Waals surface area contributed by atoms with Crippen LogP contribution in [0.5, 0.6) is 17.2 Å². The van der Waals surface area contributed by atoms with Gasteiger partial charge >= 0.3 is 0 Å². The number of benzene rings is 2. The van der Waals surface area contributed by atoms with E-state index in [4.69, 9.17) is 21.1 Å². The minimum absolute atomic E-state index is 0.131. The Kier molecular flexibility index (Phi) is 5.12. The van der Waals surface area contributed by atoms with Gasteiger partial charge in [0, 0.05) is 0 Å². The van der Waals surface area contributed by atoms with E-state index in [1.54, 1.807) is 43.5 Å². The van der Waals surface area contributed by atoms with Crippen molar-refractivity contribution in [2.75, 3.05) is 19.5 Å². The lowest BCUT2D eigenvalue weighted by molar-refractivity contribution is -0.115. The van der Waals surface area contributed by atoms with Crippen LogP contribution in [0.15, 0.2) is 36.4 Å². The van der Waals surface area contributed by atoms with Gasteiger partial charge in [-0.15, -0.1) is 0 Å². The second kappa shape index (κ2) is 7.04. The molecule has 0 saturated carbocycles. The molecule has 1 amide bonds. The number of carbonyl (C=O) groups is 1. The van der Waals surface area contributed by atoms with Crippen molar-refractivity contribution in [1.82, 2.24) is 0 Å². The lowest BCUT2D eigenvalue weighted by Crippen LogP contribution is -2.14. The Balaban J connectivity index is 2.10. The second-order valence-corrected chi connectivity index (χ2v) is 4.96. The maximum Gasteiger partial charge on any atom is 0.228 e. The highest BCUT2D eigenvalue weighted by molar-refractivity contribution is 6.32. The lowest BCUT2D eigenvalue weighted by Gasteiger charge is -2.11. The van der Waals surface area contributed by atoms with Crippen molar-refractivity contribution in [3.63, 3.8) is 0 Å². The predicted molar refractivity (Wildman–Crippen MR) is 85.0 cm³/mol. The third-order valence-corrected chi connectivity index (χ3v) is 3.38. The number of aromatic hydroxyl groups is 1. The molecule has 5 nitrogen and oxygen atoms in total. The van der Waals surface area contributed by atoms with Crippen LogP contribution in [0.3, 0.4) is 0 Å². The number of halogens is 1. The highest BCUT2D eigenvalue weighted by Crippen LogP contribution is 2.31. The van der Waals surface area contributed by atoms with Crippen LogP contribution in [0.25, 0.3) is 0 Å². The SMILES string of the molecule is COc1ccc(CC(=O)Nc2cccc(Cl)c2O)cc1OC. The fourth-order valence-electron chi connectivity index (χ4n) is 1.99. The summed E-state index contributed by atoms with van der Waals surface area (Å²) in [7, 11) is 3.08. The molecule has 0 aliphatic heterocycles. The minimum atomic E-state index is -0.273. The smallest absolute Gasteiger partial charge is 0.228 e. The predicted octanol–water partition coefficient (Wildman–Crippen LogP) is 3.24. The molecular weight excluding hydrogens is 306 g/mol. The Morgan fingerprint density at radius 2 is 1.91 bits per heavy atom. The van der Waals surface area contributed by atoms with E-state index >= 15 is 0 Å². The molecule has 2 N–H and O–H groups in total. The number of hydrogen-bond acceptors (Lipinski definition) is 4. The number of phenols is 1. The summed E-state index contributed by atoms with van der Waals surface area (Å²) in [5.74, 6) is 0.729. The summed E-state index contributed by atoms with van der Waals surface area (Å²) < 4.78 is 10.3. The summed E-state index contributed by atoms with van der Waals surface area (Å²) in [6, 6.07) is 10.0. The molecule has 0 heterocycles. The van der Waals surface area contributed by atoms with Gasteiger partial charge in [-0.25, -0.2) is 0 Å². The van der Waals surface area contributed by atoms with Gasteiger partial charge in [0.15, 0.2) is 17.2 Å². The third-order valence-electron chi connectivity index (χ3n) is 3.07. The van der Waals surface area contributed by atoms with Crippen LogP contribution in [0, 0.1) is 0 Å². The fourth-order valence-corrected chi connectivity index (χ4v) is 2.16. The zero-order valence-corrected chi connectivity index (χ0v) is 13.0. The first-order valence-corrected chi connectivity index (χ1v) is 6.91. The van der Waals surface area contributed by atoms with Crippen LogP contribution in [0.2, 0.25) is 5.02 Å². The maximum atomic E-state index is 12.1. The van der Waals surface area contributed by atoms with E-state index in [1.165, 1.54) is 7.11 Å². The highest BCUT2D eigenvalue weighted by Gasteiger charge is 2.11. The van der Waals surface area contributed by atoms with E-state index < -0.39 is 0 Å². The number of phenolic OH excluding ortho intramolecular Hbond substituents is 1. The third kappa shape index (κ3) is 3.62. The Morgan fingerprint density at radius 1 is 1.18 bits per heavy atom. The molecule has 0 aliphatic rings. The number of para-hydroxylation sites is 1. The first-order valence-electron chi connectivity index (χ1n) is 6.53. The molecule has 0 atom stereocenters. The number of methoxy groups -OCH3 is 2.